The fraction of sp³-hybridized carbons (Fsp3) is 0.350. The van der Waals surface area contributed by atoms with Gasteiger partial charge < -0.3 is 10.1 Å². The summed E-state index contributed by atoms with van der Waals surface area (Å²) in [5.41, 5.74) is 1.54. The molecule has 0 aliphatic heterocycles. The molecule has 7 heteroatoms. The van der Waals surface area contributed by atoms with Gasteiger partial charge in [0.2, 0.25) is 10.0 Å². The number of benzene rings is 2. The standard InChI is InChI=1S/C20H26N2O4S/c1-16(17-8-5-4-6-9-17)26-15-7-14-21-20(23)18-10-12-19(13-11-18)27(24,25)22(2)3/h4-6,8-13,16H,7,14-15H2,1-3H3,(H,21,23). The number of nitrogens with zero attached hydrogens (tertiary/aromatic N) is 1. The summed E-state index contributed by atoms with van der Waals surface area (Å²) in [5, 5.41) is 2.81. The van der Waals surface area contributed by atoms with Crippen LogP contribution in [0.4, 0.5) is 0 Å². The van der Waals surface area contributed by atoms with Crippen LogP contribution in [0.3, 0.4) is 0 Å². The maximum Gasteiger partial charge on any atom is 0.251 e. The fourth-order valence-electron chi connectivity index (χ4n) is 2.45. The van der Waals surface area contributed by atoms with Crippen LogP contribution >= 0.6 is 0 Å². The van der Waals surface area contributed by atoms with Crippen molar-refractivity contribution in [3.63, 3.8) is 0 Å². The van der Waals surface area contributed by atoms with E-state index < -0.39 is 10.0 Å². The van der Waals surface area contributed by atoms with Gasteiger partial charge in [0.15, 0.2) is 0 Å². The molecule has 0 aromatic heterocycles. The zero-order valence-electron chi connectivity index (χ0n) is 15.9. The van der Waals surface area contributed by atoms with Crippen LogP contribution in [-0.2, 0) is 14.8 Å². The molecule has 27 heavy (non-hydrogen) atoms. The summed E-state index contributed by atoms with van der Waals surface area (Å²) in [5.74, 6) is -0.236. The van der Waals surface area contributed by atoms with Crippen LogP contribution in [0, 0.1) is 0 Å². The Labute approximate surface area is 161 Å². The number of rotatable bonds is 9. The zero-order valence-corrected chi connectivity index (χ0v) is 16.7. The molecule has 0 aliphatic carbocycles. The summed E-state index contributed by atoms with van der Waals surface area (Å²) in [6, 6.07) is 15.9. The van der Waals surface area contributed by atoms with Crippen LogP contribution in [0.15, 0.2) is 59.5 Å². The number of carbonyl (C=O) groups is 1. The topological polar surface area (TPSA) is 75.7 Å². The number of hydrogen-bond acceptors (Lipinski definition) is 4. The van der Waals surface area contributed by atoms with Crippen molar-refractivity contribution in [3.8, 4) is 0 Å². The van der Waals surface area contributed by atoms with E-state index in [1.165, 1.54) is 38.4 Å². The van der Waals surface area contributed by atoms with E-state index >= 15 is 0 Å². The van der Waals surface area contributed by atoms with Crippen LogP contribution in [0.1, 0.15) is 35.4 Å². The minimum atomic E-state index is -3.49. The lowest BCUT2D eigenvalue weighted by molar-refractivity contribution is 0.0635. The van der Waals surface area contributed by atoms with Gasteiger partial charge in [-0.1, -0.05) is 30.3 Å². The van der Waals surface area contributed by atoms with Gasteiger partial charge in [0.1, 0.15) is 0 Å². The molecule has 2 aromatic carbocycles. The van der Waals surface area contributed by atoms with E-state index in [9.17, 15) is 13.2 Å². The van der Waals surface area contributed by atoms with E-state index in [0.717, 1.165) is 9.87 Å². The van der Waals surface area contributed by atoms with Gasteiger partial charge in [0.25, 0.3) is 5.91 Å². The fourth-order valence-corrected chi connectivity index (χ4v) is 3.35. The maximum absolute atomic E-state index is 12.1. The van der Waals surface area contributed by atoms with Crippen molar-refractivity contribution in [2.45, 2.75) is 24.3 Å². The van der Waals surface area contributed by atoms with Crippen LogP contribution < -0.4 is 5.32 Å². The molecule has 6 nitrogen and oxygen atoms in total. The normalized spacial score (nSPS) is 12.7. The molecule has 1 atom stereocenters. The first-order valence-electron chi connectivity index (χ1n) is 8.79. The lowest BCUT2D eigenvalue weighted by Gasteiger charge is -2.13. The number of nitrogens with one attached hydrogen (secondary N) is 1. The molecule has 0 heterocycles. The molecule has 1 N–H and O–H groups in total. The first-order valence-corrected chi connectivity index (χ1v) is 10.2. The molecule has 0 bridgehead atoms. The van der Waals surface area contributed by atoms with Crippen LogP contribution in [0.2, 0.25) is 0 Å². The Morgan fingerprint density at radius 3 is 2.30 bits per heavy atom. The number of sulfonamides is 1. The van der Waals surface area contributed by atoms with Gasteiger partial charge in [-0.15, -0.1) is 0 Å². The van der Waals surface area contributed by atoms with Crippen molar-refractivity contribution >= 4 is 15.9 Å². The van der Waals surface area contributed by atoms with Crippen molar-refractivity contribution < 1.29 is 17.9 Å². The van der Waals surface area contributed by atoms with Crippen LogP contribution in [0.25, 0.3) is 0 Å². The molecule has 1 amide bonds. The SMILES string of the molecule is CC(OCCCNC(=O)c1ccc(S(=O)(=O)N(C)C)cc1)c1ccccc1. The molecule has 0 aliphatic rings. The Balaban J connectivity index is 1.76. The van der Waals surface area contributed by atoms with Crippen molar-refractivity contribution in [2.75, 3.05) is 27.2 Å². The highest BCUT2D eigenvalue weighted by atomic mass is 32.2. The first-order chi connectivity index (χ1) is 12.8. The average molecular weight is 391 g/mol. The van der Waals surface area contributed by atoms with E-state index in [4.69, 9.17) is 4.74 Å². The minimum absolute atomic E-state index is 0.00749. The van der Waals surface area contributed by atoms with E-state index in [-0.39, 0.29) is 16.9 Å². The van der Waals surface area contributed by atoms with Gasteiger partial charge in [-0.2, -0.15) is 0 Å². The molecule has 2 rings (SSSR count). The molecule has 0 spiro atoms. The molecule has 0 fully saturated rings. The largest absolute Gasteiger partial charge is 0.374 e. The average Bonchev–Trinajstić information content (AvgIpc) is 2.68. The highest BCUT2D eigenvalue weighted by Gasteiger charge is 2.17. The maximum atomic E-state index is 12.1. The van der Waals surface area contributed by atoms with Crippen LogP contribution in [0.5, 0.6) is 0 Å². The monoisotopic (exact) mass is 390 g/mol. The van der Waals surface area contributed by atoms with Crippen LogP contribution in [-0.4, -0.2) is 45.9 Å². The Morgan fingerprint density at radius 1 is 1.07 bits per heavy atom. The second-order valence-corrected chi connectivity index (χ2v) is 8.50. The molecular weight excluding hydrogens is 364 g/mol. The Kier molecular flexibility index (Phi) is 7.53. The molecule has 0 saturated carbocycles. The predicted octanol–water partition coefficient (Wildman–Crippen LogP) is 2.83. The Morgan fingerprint density at radius 2 is 1.70 bits per heavy atom. The Bertz CT molecular complexity index is 834. The van der Waals surface area contributed by atoms with Gasteiger partial charge in [-0.25, -0.2) is 12.7 Å². The Hall–Kier alpha value is -2.22. The molecule has 2 aromatic rings. The molecule has 1 unspecified atom stereocenters. The lowest BCUT2D eigenvalue weighted by atomic mass is 10.1. The summed E-state index contributed by atoms with van der Waals surface area (Å²) in [6.07, 6.45) is 0.698. The zero-order chi connectivity index (χ0) is 19.9. The highest BCUT2D eigenvalue weighted by Crippen LogP contribution is 2.16. The summed E-state index contributed by atoms with van der Waals surface area (Å²) in [6.45, 7) is 3.02. The van der Waals surface area contributed by atoms with E-state index in [1.807, 2.05) is 37.3 Å². The number of hydrogen-bond donors (Lipinski definition) is 1. The second kappa shape index (κ2) is 9.64. The van der Waals surface area contributed by atoms with Gasteiger partial charge in [-0.05, 0) is 43.2 Å². The molecule has 146 valence electrons. The smallest absolute Gasteiger partial charge is 0.251 e. The van der Waals surface area contributed by atoms with Gasteiger partial charge in [0.05, 0.1) is 11.0 Å². The third-order valence-corrected chi connectivity index (χ3v) is 5.97. The lowest BCUT2D eigenvalue weighted by Crippen LogP contribution is -2.26. The van der Waals surface area contributed by atoms with Crippen molar-refractivity contribution in [1.29, 1.82) is 0 Å². The first kappa shape index (κ1) is 21.1. The third kappa shape index (κ3) is 5.89. The van der Waals surface area contributed by atoms with Crippen molar-refractivity contribution in [2.24, 2.45) is 0 Å². The van der Waals surface area contributed by atoms with Crippen molar-refractivity contribution in [1.82, 2.24) is 9.62 Å². The van der Waals surface area contributed by atoms with E-state index in [2.05, 4.69) is 5.32 Å². The van der Waals surface area contributed by atoms with E-state index in [1.54, 1.807) is 0 Å². The minimum Gasteiger partial charge on any atom is -0.374 e. The van der Waals surface area contributed by atoms with Gasteiger partial charge in [-0.3, -0.25) is 4.79 Å². The second-order valence-electron chi connectivity index (χ2n) is 6.34. The predicted molar refractivity (Wildman–Crippen MR) is 105 cm³/mol. The van der Waals surface area contributed by atoms with E-state index in [0.29, 0.717) is 25.1 Å². The van der Waals surface area contributed by atoms with Gasteiger partial charge >= 0.3 is 0 Å². The third-order valence-electron chi connectivity index (χ3n) is 4.14. The summed E-state index contributed by atoms with van der Waals surface area (Å²) >= 11 is 0. The summed E-state index contributed by atoms with van der Waals surface area (Å²) in [4.78, 5) is 12.3. The number of amides is 1. The van der Waals surface area contributed by atoms with Crippen molar-refractivity contribution in [3.05, 3.63) is 65.7 Å². The number of ether oxygens (including phenoxy) is 1. The molecule has 0 saturated heterocycles. The highest BCUT2D eigenvalue weighted by molar-refractivity contribution is 7.89. The molecule has 0 radical (unpaired) electrons. The van der Waals surface area contributed by atoms with Gasteiger partial charge in [0, 0.05) is 32.8 Å². The summed E-state index contributed by atoms with van der Waals surface area (Å²) in [7, 11) is -0.552. The molecular formula is C20H26N2O4S. The quantitative estimate of drug-likeness (QED) is 0.668. The number of carbonyl (C=O) groups excluding carboxylic acids is 1. The summed E-state index contributed by atoms with van der Waals surface area (Å²) < 4.78 is 31.0.